The lowest BCUT2D eigenvalue weighted by atomic mass is 10.1. The van der Waals surface area contributed by atoms with Crippen molar-refractivity contribution in [1.82, 2.24) is 5.32 Å². The monoisotopic (exact) mass is 552 g/mol. The summed E-state index contributed by atoms with van der Waals surface area (Å²) in [6.07, 6.45) is 1.37. The van der Waals surface area contributed by atoms with Gasteiger partial charge in [0.25, 0.3) is 11.8 Å². The summed E-state index contributed by atoms with van der Waals surface area (Å²) in [6.45, 7) is 3.98. The zero-order chi connectivity index (χ0) is 25.8. The molecule has 0 spiro atoms. The van der Waals surface area contributed by atoms with Gasteiger partial charge < -0.3 is 9.47 Å². The number of ether oxygens (including phenoxy) is 2. The molecule has 9 heteroatoms. The van der Waals surface area contributed by atoms with E-state index in [0.29, 0.717) is 39.4 Å². The number of anilines is 1. The average molecular weight is 553 g/mol. The number of hydrogen-bond acceptors (Lipinski definition) is 5. The van der Waals surface area contributed by atoms with Gasteiger partial charge in [-0.1, -0.05) is 51.8 Å². The number of imide groups is 2. The molecule has 1 N–H and O–H groups in total. The Morgan fingerprint density at radius 1 is 1.00 bits per heavy atom. The smallest absolute Gasteiger partial charge is 0.335 e. The molecule has 7 nitrogen and oxygen atoms in total. The molecule has 0 aromatic heterocycles. The number of hydrogen-bond donors (Lipinski definition) is 1. The van der Waals surface area contributed by atoms with E-state index in [1.54, 1.807) is 61.5 Å². The van der Waals surface area contributed by atoms with Crippen LogP contribution in [0.5, 0.6) is 11.5 Å². The van der Waals surface area contributed by atoms with Gasteiger partial charge in [-0.2, -0.15) is 0 Å². The summed E-state index contributed by atoms with van der Waals surface area (Å²) >= 11 is 3.44. The van der Waals surface area contributed by atoms with E-state index in [2.05, 4.69) is 21.2 Å². The molecule has 0 saturated carbocycles. The van der Waals surface area contributed by atoms with Crippen LogP contribution < -0.4 is 19.7 Å². The van der Waals surface area contributed by atoms with Crippen molar-refractivity contribution in [2.75, 3.05) is 11.5 Å². The second kappa shape index (κ2) is 10.7. The van der Waals surface area contributed by atoms with Crippen LogP contribution in [0.1, 0.15) is 23.6 Å². The zero-order valence-corrected chi connectivity index (χ0v) is 21.1. The Hall–Kier alpha value is -3.98. The van der Waals surface area contributed by atoms with Gasteiger partial charge in [0.15, 0.2) is 11.5 Å². The van der Waals surface area contributed by atoms with Gasteiger partial charge in [-0.05, 0) is 55.8 Å². The number of rotatable bonds is 7. The van der Waals surface area contributed by atoms with Gasteiger partial charge in [0.1, 0.15) is 18.0 Å². The highest BCUT2D eigenvalue weighted by molar-refractivity contribution is 9.10. The Balaban J connectivity index is 1.67. The van der Waals surface area contributed by atoms with Crippen LogP contribution in [0.3, 0.4) is 0 Å². The largest absolute Gasteiger partial charge is 0.490 e. The molecule has 3 aromatic carbocycles. The molecule has 4 rings (SSSR count). The third kappa shape index (κ3) is 5.31. The molecular weight excluding hydrogens is 531 g/mol. The second-order valence-electron chi connectivity index (χ2n) is 7.93. The molecule has 0 atom stereocenters. The summed E-state index contributed by atoms with van der Waals surface area (Å²) in [4.78, 5) is 39.1. The van der Waals surface area contributed by atoms with Gasteiger partial charge in [-0.3, -0.25) is 14.9 Å². The maximum Gasteiger partial charge on any atom is 0.335 e. The van der Waals surface area contributed by atoms with Crippen molar-refractivity contribution in [1.29, 1.82) is 0 Å². The first-order chi connectivity index (χ1) is 17.3. The Labute approximate surface area is 215 Å². The zero-order valence-electron chi connectivity index (χ0n) is 19.5. The molecule has 1 aliphatic heterocycles. The first-order valence-corrected chi connectivity index (χ1v) is 11.9. The van der Waals surface area contributed by atoms with Gasteiger partial charge in [0.05, 0.1) is 12.3 Å². The normalized spacial score (nSPS) is 14.7. The van der Waals surface area contributed by atoms with Gasteiger partial charge in [0, 0.05) is 10.0 Å². The first-order valence-electron chi connectivity index (χ1n) is 11.1. The quantitative estimate of drug-likeness (QED) is 0.307. The molecule has 0 unspecified atom stereocenters. The molecule has 4 amide bonds. The number of nitrogens with one attached hydrogen (secondary N) is 1. The van der Waals surface area contributed by atoms with E-state index < -0.39 is 17.8 Å². The lowest BCUT2D eigenvalue weighted by Crippen LogP contribution is -2.54. The van der Waals surface area contributed by atoms with Crippen molar-refractivity contribution in [3.8, 4) is 11.5 Å². The van der Waals surface area contributed by atoms with Gasteiger partial charge in [-0.15, -0.1) is 0 Å². The number of carbonyl (C=O) groups excluding carboxylic acids is 3. The third-order valence-electron chi connectivity index (χ3n) is 5.40. The minimum absolute atomic E-state index is 0.0197. The number of amides is 4. The highest BCUT2D eigenvalue weighted by atomic mass is 79.9. The van der Waals surface area contributed by atoms with Crippen LogP contribution in [-0.4, -0.2) is 24.5 Å². The van der Waals surface area contributed by atoms with E-state index in [1.807, 2.05) is 6.92 Å². The Morgan fingerprint density at radius 2 is 1.69 bits per heavy atom. The van der Waals surface area contributed by atoms with E-state index in [4.69, 9.17) is 9.47 Å². The van der Waals surface area contributed by atoms with Crippen molar-refractivity contribution in [2.24, 2.45) is 0 Å². The summed E-state index contributed by atoms with van der Waals surface area (Å²) in [5.41, 5.74) is 1.91. The maximum atomic E-state index is 14.0. The SMILES string of the molecule is CCOc1cc(/C=C2\C(=O)NC(=O)N(c3ccc(C)cc3)C2=O)c(Br)cc1OCc1ccccc1F. The van der Waals surface area contributed by atoms with Crippen LogP contribution in [-0.2, 0) is 16.2 Å². The minimum Gasteiger partial charge on any atom is -0.490 e. The predicted octanol–water partition coefficient (Wildman–Crippen LogP) is 5.54. The number of benzene rings is 3. The third-order valence-corrected chi connectivity index (χ3v) is 6.08. The van der Waals surface area contributed by atoms with Crippen molar-refractivity contribution in [3.05, 3.63) is 93.2 Å². The fourth-order valence-electron chi connectivity index (χ4n) is 3.55. The van der Waals surface area contributed by atoms with Crippen LogP contribution in [0.15, 0.2) is 70.7 Å². The van der Waals surface area contributed by atoms with Crippen LogP contribution in [0.4, 0.5) is 14.9 Å². The van der Waals surface area contributed by atoms with Crippen LogP contribution in [0, 0.1) is 12.7 Å². The number of barbiturate groups is 1. The van der Waals surface area contributed by atoms with E-state index in [-0.39, 0.29) is 18.0 Å². The lowest BCUT2D eigenvalue weighted by molar-refractivity contribution is -0.122. The first kappa shape index (κ1) is 25.1. The highest BCUT2D eigenvalue weighted by Crippen LogP contribution is 2.36. The van der Waals surface area contributed by atoms with Crippen LogP contribution >= 0.6 is 15.9 Å². The molecular formula is C27H22BrFN2O5. The highest BCUT2D eigenvalue weighted by Gasteiger charge is 2.37. The van der Waals surface area contributed by atoms with E-state index >= 15 is 0 Å². The minimum atomic E-state index is -0.822. The molecule has 36 heavy (non-hydrogen) atoms. The summed E-state index contributed by atoms with van der Waals surface area (Å²) < 4.78 is 26.0. The topological polar surface area (TPSA) is 84.9 Å². The molecule has 3 aromatic rings. The molecule has 0 bridgehead atoms. The summed E-state index contributed by atoms with van der Waals surface area (Å²) in [7, 11) is 0. The molecule has 184 valence electrons. The molecule has 1 saturated heterocycles. The average Bonchev–Trinajstić information content (AvgIpc) is 2.84. The van der Waals surface area contributed by atoms with Gasteiger partial charge >= 0.3 is 6.03 Å². The summed E-state index contributed by atoms with van der Waals surface area (Å²) in [5.74, 6) is -1.25. The number of carbonyl (C=O) groups is 3. The molecule has 0 radical (unpaired) electrons. The number of aryl methyl sites for hydroxylation is 1. The van der Waals surface area contributed by atoms with Crippen molar-refractivity contribution >= 4 is 45.5 Å². The van der Waals surface area contributed by atoms with Crippen LogP contribution in [0.2, 0.25) is 0 Å². The Kier molecular flexibility index (Phi) is 7.49. The van der Waals surface area contributed by atoms with E-state index in [9.17, 15) is 18.8 Å². The Morgan fingerprint density at radius 3 is 2.39 bits per heavy atom. The number of nitrogens with zero attached hydrogens (tertiary/aromatic N) is 1. The number of halogens is 2. The molecule has 0 aliphatic carbocycles. The van der Waals surface area contributed by atoms with Crippen LogP contribution in [0.25, 0.3) is 6.08 Å². The van der Waals surface area contributed by atoms with E-state index in [1.165, 1.54) is 12.1 Å². The summed E-state index contributed by atoms with van der Waals surface area (Å²) in [6, 6.07) is 15.5. The fourth-order valence-corrected chi connectivity index (χ4v) is 3.99. The Bertz CT molecular complexity index is 1370. The van der Waals surface area contributed by atoms with Gasteiger partial charge in [-0.25, -0.2) is 14.1 Å². The molecule has 1 heterocycles. The molecule has 1 aliphatic rings. The number of urea groups is 1. The second-order valence-corrected chi connectivity index (χ2v) is 8.78. The standard InChI is InChI=1S/C27H22BrFN2O5/c1-3-35-23-13-18(21(28)14-24(23)36-15-17-6-4-5-7-22(17)29)12-20-25(32)30-27(34)31(26(20)33)19-10-8-16(2)9-11-19/h4-14H,3,15H2,1-2H3,(H,30,32,34)/b20-12+. The summed E-state index contributed by atoms with van der Waals surface area (Å²) in [5, 5.41) is 2.21. The van der Waals surface area contributed by atoms with E-state index in [0.717, 1.165) is 10.5 Å². The van der Waals surface area contributed by atoms with Crippen molar-refractivity contribution in [3.63, 3.8) is 0 Å². The lowest BCUT2D eigenvalue weighted by Gasteiger charge is -2.26. The maximum absolute atomic E-state index is 14.0. The van der Waals surface area contributed by atoms with Crippen molar-refractivity contribution < 1.29 is 28.2 Å². The fraction of sp³-hybridized carbons (Fsp3) is 0.148. The van der Waals surface area contributed by atoms with Crippen molar-refractivity contribution in [2.45, 2.75) is 20.5 Å². The predicted molar refractivity (Wildman–Crippen MR) is 136 cm³/mol. The van der Waals surface area contributed by atoms with Gasteiger partial charge in [0.2, 0.25) is 0 Å². The molecule has 1 fully saturated rings.